The number of hydrazine groups is 1. The van der Waals surface area contributed by atoms with Crippen molar-refractivity contribution in [1.82, 2.24) is 20.7 Å². The molecule has 162 valence electrons. The Hall–Kier alpha value is -3.19. The third kappa shape index (κ3) is 5.11. The quantitative estimate of drug-likeness (QED) is 0.611. The van der Waals surface area contributed by atoms with Crippen LogP contribution in [0.5, 0.6) is 0 Å². The molecule has 7 nitrogen and oxygen atoms in total. The Balaban J connectivity index is 1.35. The molecule has 4 amide bonds. The van der Waals surface area contributed by atoms with E-state index in [2.05, 4.69) is 15.6 Å². The van der Waals surface area contributed by atoms with Gasteiger partial charge < -0.3 is 5.32 Å². The second-order valence-electron chi connectivity index (χ2n) is 8.55. The molecule has 31 heavy (non-hydrogen) atoms. The van der Waals surface area contributed by atoms with Crippen molar-refractivity contribution < 1.29 is 14.4 Å². The maximum atomic E-state index is 12.9. The number of carbonyl (C=O) groups is 3. The minimum Gasteiger partial charge on any atom is -0.322 e. The smallest absolute Gasteiger partial charge is 0.322 e. The molecule has 0 radical (unpaired) electrons. The molecule has 1 heterocycles. The monoisotopic (exact) mass is 420 g/mol. The fourth-order valence-electron chi connectivity index (χ4n) is 3.91. The van der Waals surface area contributed by atoms with E-state index >= 15 is 0 Å². The van der Waals surface area contributed by atoms with E-state index in [-0.39, 0.29) is 12.5 Å². The third-order valence-electron chi connectivity index (χ3n) is 5.89. The van der Waals surface area contributed by atoms with Gasteiger partial charge in [0.15, 0.2) is 0 Å². The van der Waals surface area contributed by atoms with Crippen LogP contribution < -0.4 is 10.7 Å². The number of imide groups is 1. The summed E-state index contributed by atoms with van der Waals surface area (Å²) in [6.07, 6.45) is 3.22. The lowest BCUT2D eigenvalue weighted by Gasteiger charge is -2.24. The van der Waals surface area contributed by atoms with E-state index in [0.29, 0.717) is 25.4 Å². The Morgan fingerprint density at radius 1 is 1.06 bits per heavy atom. The van der Waals surface area contributed by atoms with Crippen molar-refractivity contribution in [2.45, 2.75) is 50.7 Å². The third-order valence-corrected chi connectivity index (χ3v) is 5.89. The molecular weight excluding hydrogens is 392 g/mol. The van der Waals surface area contributed by atoms with Gasteiger partial charge in [0, 0.05) is 12.6 Å². The summed E-state index contributed by atoms with van der Waals surface area (Å²) in [5.74, 6) is -0.790. The van der Waals surface area contributed by atoms with E-state index in [0.717, 1.165) is 29.0 Å². The molecule has 1 aliphatic carbocycles. The lowest BCUT2D eigenvalue weighted by Crippen LogP contribution is -2.51. The summed E-state index contributed by atoms with van der Waals surface area (Å²) >= 11 is 0. The molecule has 0 spiro atoms. The summed E-state index contributed by atoms with van der Waals surface area (Å²) in [6.45, 7) is 2.50. The maximum absolute atomic E-state index is 12.9. The van der Waals surface area contributed by atoms with Crippen LogP contribution >= 0.6 is 0 Å². The second kappa shape index (κ2) is 8.89. The van der Waals surface area contributed by atoms with Gasteiger partial charge in [-0.15, -0.1) is 0 Å². The maximum Gasteiger partial charge on any atom is 0.344 e. The number of hydrogen-bond donors (Lipinski definition) is 2. The number of amides is 4. The Bertz CT molecular complexity index is 946. The largest absolute Gasteiger partial charge is 0.344 e. The van der Waals surface area contributed by atoms with E-state index in [9.17, 15) is 14.4 Å². The first-order valence-corrected chi connectivity index (χ1v) is 10.7. The summed E-state index contributed by atoms with van der Waals surface area (Å²) in [7, 11) is 0. The molecule has 1 atom stereocenters. The number of carbonyl (C=O) groups excluding carboxylic acids is 3. The first-order chi connectivity index (χ1) is 14.9. The summed E-state index contributed by atoms with van der Waals surface area (Å²) in [5, 5.41) is 3.58. The molecule has 2 aromatic carbocycles. The van der Waals surface area contributed by atoms with Gasteiger partial charge in [-0.3, -0.25) is 19.9 Å². The van der Waals surface area contributed by atoms with Gasteiger partial charge in [0.05, 0.1) is 6.54 Å². The van der Waals surface area contributed by atoms with Crippen LogP contribution in [0.15, 0.2) is 60.7 Å². The first kappa shape index (κ1) is 21.1. The molecule has 7 heteroatoms. The summed E-state index contributed by atoms with van der Waals surface area (Å²) in [5.41, 5.74) is 3.70. The Labute approximate surface area is 182 Å². The minimum absolute atomic E-state index is 0.136. The van der Waals surface area contributed by atoms with Gasteiger partial charge in [0.1, 0.15) is 5.54 Å². The molecule has 0 aromatic heterocycles. The number of rotatable bonds is 9. The van der Waals surface area contributed by atoms with Crippen LogP contribution in [0.3, 0.4) is 0 Å². The van der Waals surface area contributed by atoms with Crippen LogP contribution in [0.2, 0.25) is 0 Å². The summed E-state index contributed by atoms with van der Waals surface area (Å²) < 4.78 is 0. The molecule has 1 saturated heterocycles. The van der Waals surface area contributed by atoms with Gasteiger partial charge in [-0.05, 0) is 43.7 Å². The van der Waals surface area contributed by atoms with Crippen molar-refractivity contribution >= 4 is 17.8 Å². The zero-order chi connectivity index (χ0) is 21.8. The first-order valence-electron chi connectivity index (χ1n) is 10.7. The van der Waals surface area contributed by atoms with Gasteiger partial charge in [0.2, 0.25) is 0 Å². The van der Waals surface area contributed by atoms with E-state index < -0.39 is 17.5 Å². The van der Waals surface area contributed by atoms with Crippen molar-refractivity contribution in [2.75, 3.05) is 6.54 Å². The van der Waals surface area contributed by atoms with Crippen LogP contribution in [0, 0.1) is 0 Å². The van der Waals surface area contributed by atoms with Crippen LogP contribution in [0.1, 0.15) is 37.3 Å². The van der Waals surface area contributed by atoms with E-state index in [1.54, 1.807) is 6.92 Å². The molecule has 0 bridgehead atoms. The van der Waals surface area contributed by atoms with Gasteiger partial charge in [-0.1, -0.05) is 60.7 Å². The molecule has 2 N–H and O–H groups in total. The van der Waals surface area contributed by atoms with Gasteiger partial charge in [-0.2, -0.15) is 5.01 Å². The van der Waals surface area contributed by atoms with Crippen LogP contribution in [-0.2, 0) is 22.6 Å². The van der Waals surface area contributed by atoms with Crippen molar-refractivity contribution in [2.24, 2.45) is 0 Å². The zero-order valence-electron chi connectivity index (χ0n) is 17.7. The average molecular weight is 421 g/mol. The van der Waals surface area contributed by atoms with Crippen molar-refractivity contribution in [3.8, 4) is 0 Å². The SMILES string of the molecule is CC1(CCc2ccccc2)NC(=O)N(NC(=O)CN(Cc2ccccc2)C2CC2)C1=O. The van der Waals surface area contributed by atoms with Crippen molar-refractivity contribution in [1.29, 1.82) is 0 Å². The van der Waals surface area contributed by atoms with Crippen molar-refractivity contribution in [3.05, 3.63) is 71.8 Å². The zero-order valence-corrected chi connectivity index (χ0v) is 17.7. The highest BCUT2D eigenvalue weighted by Gasteiger charge is 2.48. The lowest BCUT2D eigenvalue weighted by molar-refractivity contribution is -0.139. The van der Waals surface area contributed by atoms with E-state index in [1.807, 2.05) is 60.7 Å². The predicted octanol–water partition coefficient (Wildman–Crippen LogP) is 2.63. The molecule has 1 aliphatic heterocycles. The van der Waals surface area contributed by atoms with Gasteiger partial charge >= 0.3 is 6.03 Å². The number of urea groups is 1. The summed E-state index contributed by atoms with van der Waals surface area (Å²) in [4.78, 5) is 40.1. The average Bonchev–Trinajstić information content (AvgIpc) is 3.59. The molecule has 2 fully saturated rings. The number of nitrogens with zero attached hydrogens (tertiary/aromatic N) is 2. The Kier molecular flexibility index (Phi) is 6.04. The molecule has 2 aliphatic rings. The highest BCUT2D eigenvalue weighted by Crippen LogP contribution is 2.28. The normalized spacial score (nSPS) is 20.8. The Morgan fingerprint density at radius 2 is 1.68 bits per heavy atom. The fraction of sp³-hybridized carbons (Fsp3) is 0.375. The lowest BCUT2D eigenvalue weighted by atomic mass is 9.93. The van der Waals surface area contributed by atoms with Crippen LogP contribution in [0.4, 0.5) is 4.79 Å². The minimum atomic E-state index is -1.04. The van der Waals surface area contributed by atoms with E-state index in [1.165, 1.54) is 0 Å². The molecule has 4 rings (SSSR count). The molecule has 1 unspecified atom stereocenters. The van der Waals surface area contributed by atoms with Crippen molar-refractivity contribution in [3.63, 3.8) is 0 Å². The topological polar surface area (TPSA) is 81.8 Å². The van der Waals surface area contributed by atoms with Gasteiger partial charge in [0.25, 0.3) is 11.8 Å². The molecule has 2 aromatic rings. The molecule has 1 saturated carbocycles. The standard InChI is InChI=1S/C24H28N4O3/c1-24(15-14-18-8-4-2-5-9-18)22(30)28(23(31)25-24)26-21(29)17-27(20-12-13-20)16-19-10-6-3-7-11-19/h2-11,20H,12-17H2,1H3,(H,25,31)(H,26,29). The fourth-order valence-corrected chi connectivity index (χ4v) is 3.91. The highest BCUT2D eigenvalue weighted by atomic mass is 16.2. The second-order valence-corrected chi connectivity index (χ2v) is 8.55. The molecular formula is C24H28N4O3. The number of benzene rings is 2. The number of aryl methyl sites for hydroxylation is 1. The van der Waals surface area contributed by atoms with Gasteiger partial charge in [-0.25, -0.2) is 4.79 Å². The highest BCUT2D eigenvalue weighted by molar-refractivity contribution is 6.07. The van der Waals surface area contributed by atoms with E-state index in [4.69, 9.17) is 0 Å². The van der Waals surface area contributed by atoms with Crippen LogP contribution in [0.25, 0.3) is 0 Å². The predicted molar refractivity (Wildman–Crippen MR) is 117 cm³/mol. The van der Waals surface area contributed by atoms with Crippen LogP contribution in [-0.4, -0.2) is 45.9 Å². The Morgan fingerprint density at radius 3 is 2.29 bits per heavy atom. The number of hydrogen-bond acceptors (Lipinski definition) is 4. The number of nitrogens with one attached hydrogen (secondary N) is 2. The summed E-state index contributed by atoms with van der Waals surface area (Å²) in [6, 6.07) is 19.6.